The van der Waals surface area contributed by atoms with E-state index in [1.807, 2.05) is 0 Å². The fourth-order valence-corrected chi connectivity index (χ4v) is 2.30. The predicted molar refractivity (Wildman–Crippen MR) is 78.9 cm³/mol. The van der Waals surface area contributed by atoms with E-state index in [0.717, 1.165) is 3.57 Å². The number of anilines is 1. The molecule has 0 saturated heterocycles. The Morgan fingerprint density at radius 2 is 1.94 bits per heavy atom. The monoisotopic (exact) mass is 361 g/mol. The Labute approximate surface area is 119 Å². The highest BCUT2D eigenvalue weighted by atomic mass is 127. The molecule has 0 aliphatic rings. The van der Waals surface area contributed by atoms with Crippen molar-refractivity contribution >= 4 is 40.1 Å². The highest BCUT2D eigenvalue weighted by Crippen LogP contribution is 2.16. The molecule has 0 spiro atoms. The zero-order chi connectivity index (χ0) is 13.9. The maximum Gasteiger partial charge on any atom is 0.251 e. The van der Waals surface area contributed by atoms with Gasteiger partial charge in [-0.15, -0.1) is 0 Å². The Balaban J connectivity index is 2.85. The molecule has 6 heteroatoms. The normalized spacial score (nSPS) is 11.1. The van der Waals surface area contributed by atoms with Crippen LogP contribution in [-0.2, 0) is 4.79 Å². The summed E-state index contributed by atoms with van der Waals surface area (Å²) in [7, 11) is 0. The minimum Gasteiger partial charge on any atom is -0.399 e. The molecule has 0 radical (unpaired) electrons. The molecule has 5 N–H and O–H groups in total. The predicted octanol–water partition coefficient (Wildman–Crippen LogP) is 1.26. The number of amides is 2. The van der Waals surface area contributed by atoms with Gasteiger partial charge in [-0.2, -0.15) is 0 Å². The summed E-state index contributed by atoms with van der Waals surface area (Å²) in [5.41, 5.74) is 11.1. The highest BCUT2D eigenvalue weighted by Gasteiger charge is 2.23. The molecule has 0 saturated carbocycles. The van der Waals surface area contributed by atoms with Gasteiger partial charge in [0.2, 0.25) is 5.91 Å². The third-order valence-electron chi connectivity index (χ3n) is 2.25. The first-order valence-electron chi connectivity index (χ1n) is 5.36. The molecule has 0 unspecified atom stereocenters. The number of halogens is 1. The van der Waals surface area contributed by atoms with Crippen molar-refractivity contribution in [3.05, 3.63) is 27.3 Å². The number of hydrogen-bond donors (Lipinski definition) is 3. The van der Waals surface area contributed by atoms with E-state index in [2.05, 4.69) is 27.9 Å². The van der Waals surface area contributed by atoms with E-state index >= 15 is 0 Å². The summed E-state index contributed by atoms with van der Waals surface area (Å²) < 4.78 is 0.880. The first-order chi connectivity index (χ1) is 8.19. The van der Waals surface area contributed by atoms with Crippen molar-refractivity contribution in [2.45, 2.75) is 25.8 Å². The molecule has 1 aromatic rings. The van der Waals surface area contributed by atoms with E-state index < -0.39 is 11.4 Å². The average Bonchev–Trinajstić information content (AvgIpc) is 2.12. The van der Waals surface area contributed by atoms with Gasteiger partial charge in [0.25, 0.3) is 5.91 Å². The summed E-state index contributed by atoms with van der Waals surface area (Å²) in [6.07, 6.45) is 0.0815. The van der Waals surface area contributed by atoms with Gasteiger partial charge in [0.05, 0.1) is 0 Å². The third kappa shape index (κ3) is 4.52. The minimum absolute atomic E-state index is 0.0815. The lowest BCUT2D eigenvalue weighted by molar-refractivity contribution is -0.119. The molecule has 0 atom stereocenters. The molecule has 0 bridgehead atoms. The summed E-state index contributed by atoms with van der Waals surface area (Å²) in [5, 5.41) is 2.76. The molecule has 1 aromatic carbocycles. The van der Waals surface area contributed by atoms with Gasteiger partial charge in [-0.3, -0.25) is 9.59 Å². The first-order valence-corrected chi connectivity index (χ1v) is 6.44. The zero-order valence-electron chi connectivity index (χ0n) is 10.3. The third-order valence-corrected chi connectivity index (χ3v) is 2.87. The van der Waals surface area contributed by atoms with Crippen LogP contribution < -0.4 is 16.8 Å². The quantitative estimate of drug-likeness (QED) is 0.556. The van der Waals surface area contributed by atoms with Crippen molar-refractivity contribution in [2.24, 2.45) is 5.73 Å². The van der Waals surface area contributed by atoms with E-state index in [9.17, 15) is 9.59 Å². The number of nitrogens with one attached hydrogen (secondary N) is 1. The molecular formula is C12H16IN3O2. The van der Waals surface area contributed by atoms with Crippen LogP contribution in [0, 0.1) is 3.57 Å². The standard InChI is InChI=1S/C12H16IN3O2/c1-12(2,6-10(15)17)16-11(18)7-3-8(13)5-9(14)4-7/h3-5H,6,14H2,1-2H3,(H2,15,17)(H,16,18). The van der Waals surface area contributed by atoms with Crippen molar-refractivity contribution in [1.82, 2.24) is 5.32 Å². The molecule has 0 fully saturated rings. The van der Waals surface area contributed by atoms with E-state index in [4.69, 9.17) is 11.5 Å². The number of rotatable bonds is 4. The molecule has 2 amide bonds. The van der Waals surface area contributed by atoms with Crippen molar-refractivity contribution in [3.8, 4) is 0 Å². The fraction of sp³-hybridized carbons (Fsp3) is 0.333. The van der Waals surface area contributed by atoms with Crippen LogP contribution in [0.2, 0.25) is 0 Å². The van der Waals surface area contributed by atoms with Crippen LogP contribution in [0.1, 0.15) is 30.6 Å². The topological polar surface area (TPSA) is 98.2 Å². The van der Waals surface area contributed by atoms with Gasteiger partial charge in [-0.1, -0.05) is 0 Å². The summed E-state index contributed by atoms with van der Waals surface area (Å²) in [4.78, 5) is 22.9. The first kappa shape index (κ1) is 14.7. The fourth-order valence-electron chi connectivity index (χ4n) is 1.60. The van der Waals surface area contributed by atoms with Crippen LogP contribution >= 0.6 is 22.6 Å². The Morgan fingerprint density at radius 1 is 1.33 bits per heavy atom. The maximum atomic E-state index is 12.0. The SMILES string of the molecule is CC(C)(CC(N)=O)NC(=O)c1cc(N)cc(I)c1. The molecule has 5 nitrogen and oxygen atoms in total. The highest BCUT2D eigenvalue weighted by molar-refractivity contribution is 14.1. The Kier molecular flexibility index (Phi) is 4.55. The second-order valence-electron chi connectivity index (χ2n) is 4.75. The lowest BCUT2D eigenvalue weighted by Gasteiger charge is -2.24. The summed E-state index contributed by atoms with van der Waals surface area (Å²) in [5.74, 6) is -0.728. The average molecular weight is 361 g/mol. The van der Waals surface area contributed by atoms with Crippen LogP contribution in [0.3, 0.4) is 0 Å². The van der Waals surface area contributed by atoms with Crippen molar-refractivity contribution < 1.29 is 9.59 Å². The van der Waals surface area contributed by atoms with E-state index in [0.29, 0.717) is 11.3 Å². The van der Waals surface area contributed by atoms with Gasteiger partial charge in [0, 0.05) is 26.8 Å². The number of nitrogens with two attached hydrogens (primary N) is 2. The molecule has 98 valence electrons. The van der Waals surface area contributed by atoms with Crippen LogP contribution in [-0.4, -0.2) is 17.4 Å². The Hall–Kier alpha value is -1.31. The maximum absolute atomic E-state index is 12.0. The van der Waals surface area contributed by atoms with Crippen molar-refractivity contribution in [3.63, 3.8) is 0 Å². The van der Waals surface area contributed by atoms with Gasteiger partial charge in [-0.25, -0.2) is 0 Å². The smallest absolute Gasteiger partial charge is 0.251 e. The Bertz CT molecular complexity index is 466. The molecule has 0 aromatic heterocycles. The summed E-state index contributed by atoms with van der Waals surface area (Å²) in [6.45, 7) is 3.49. The van der Waals surface area contributed by atoms with Gasteiger partial charge < -0.3 is 16.8 Å². The van der Waals surface area contributed by atoms with E-state index in [1.54, 1.807) is 32.0 Å². The number of primary amides is 1. The van der Waals surface area contributed by atoms with Crippen LogP contribution in [0.25, 0.3) is 0 Å². The zero-order valence-corrected chi connectivity index (χ0v) is 12.4. The molecule has 0 aliphatic carbocycles. The molecular weight excluding hydrogens is 345 g/mol. The van der Waals surface area contributed by atoms with Crippen molar-refractivity contribution in [1.29, 1.82) is 0 Å². The number of nitrogen functional groups attached to an aromatic ring is 1. The van der Waals surface area contributed by atoms with E-state index in [-0.39, 0.29) is 12.3 Å². The van der Waals surface area contributed by atoms with Crippen LogP contribution in [0.4, 0.5) is 5.69 Å². The van der Waals surface area contributed by atoms with Gasteiger partial charge in [-0.05, 0) is 54.6 Å². The largest absolute Gasteiger partial charge is 0.399 e. The van der Waals surface area contributed by atoms with Crippen LogP contribution in [0.5, 0.6) is 0 Å². The second kappa shape index (κ2) is 5.55. The molecule has 18 heavy (non-hydrogen) atoms. The number of benzene rings is 1. The number of carbonyl (C=O) groups is 2. The number of hydrogen-bond acceptors (Lipinski definition) is 3. The van der Waals surface area contributed by atoms with Gasteiger partial charge >= 0.3 is 0 Å². The van der Waals surface area contributed by atoms with Crippen LogP contribution in [0.15, 0.2) is 18.2 Å². The summed E-state index contributed by atoms with van der Waals surface area (Å²) in [6, 6.07) is 5.09. The summed E-state index contributed by atoms with van der Waals surface area (Å²) >= 11 is 2.09. The molecule has 1 rings (SSSR count). The molecule has 0 heterocycles. The van der Waals surface area contributed by atoms with Crippen molar-refractivity contribution in [2.75, 3.05) is 5.73 Å². The van der Waals surface area contributed by atoms with Gasteiger partial charge in [0.1, 0.15) is 0 Å². The lowest BCUT2D eigenvalue weighted by Crippen LogP contribution is -2.46. The molecule has 0 aliphatic heterocycles. The van der Waals surface area contributed by atoms with E-state index in [1.165, 1.54) is 0 Å². The number of carbonyl (C=O) groups excluding carboxylic acids is 2. The lowest BCUT2D eigenvalue weighted by atomic mass is 9.99. The second-order valence-corrected chi connectivity index (χ2v) is 6.00. The Morgan fingerprint density at radius 3 is 2.44 bits per heavy atom. The van der Waals surface area contributed by atoms with Gasteiger partial charge in [0.15, 0.2) is 0 Å². The minimum atomic E-state index is -0.682.